The normalized spacial score (nSPS) is 20.2. The van der Waals surface area contributed by atoms with Crippen LogP contribution in [0.1, 0.15) is 25.3 Å². The second kappa shape index (κ2) is 8.68. The number of rotatable bonds is 5. The number of ether oxygens (including phenoxy) is 1. The summed E-state index contributed by atoms with van der Waals surface area (Å²) in [6.45, 7) is 9.33. The number of benzene rings is 1. The molecule has 2 aliphatic heterocycles. The van der Waals surface area contributed by atoms with Crippen LogP contribution in [0.4, 0.5) is 0 Å². The largest absolute Gasteiger partial charge is 0.370 e. The molecule has 0 spiro atoms. The molecule has 1 aromatic rings. The topological polar surface area (TPSA) is 71.4 Å². The van der Waals surface area contributed by atoms with E-state index in [0.29, 0.717) is 56.8 Å². The molecule has 27 heavy (non-hydrogen) atoms. The maximum Gasteiger partial charge on any atom is 0.277 e. The molecule has 2 saturated heterocycles. The average Bonchev–Trinajstić information content (AvgIpc) is 2.69. The van der Waals surface area contributed by atoms with E-state index in [-0.39, 0.29) is 5.91 Å². The highest BCUT2D eigenvalue weighted by molar-refractivity contribution is 7.89. The van der Waals surface area contributed by atoms with Gasteiger partial charge in [-0.2, -0.15) is 4.31 Å². The van der Waals surface area contributed by atoms with Crippen LogP contribution in [0.5, 0.6) is 0 Å². The summed E-state index contributed by atoms with van der Waals surface area (Å²) in [5.41, 5.74) is 1.12. The lowest BCUT2D eigenvalue weighted by Gasteiger charge is -2.34. The van der Waals surface area contributed by atoms with Crippen LogP contribution in [-0.2, 0) is 19.6 Å². The Morgan fingerprint density at radius 3 is 2.22 bits per heavy atom. The van der Waals surface area contributed by atoms with Crippen LogP contribution >= 0.6 is 0 Å². The molecule has 0 aromatic heterocycles. The van der Waals surface area contributed by atoms with Gasteiger partial charge in [0.15, 0.2) is 6.54 Å². The van der Waals surface area contributed by atoms with E-state index in [0.717, 1.165) is 18.7 Å². The number of quaternary nitrogens is 1. The van der Waals surface area contributed by atoms with Crippen LogP contribution in [0.15, 0.2) is 29.2 Å². The minimum Gasteiger partial charge on any atom is -0.370 e. The van der Waals surface area contributed by atoms with Crippen molar-refractivity contribution in [3.63, 3.8) is 0 Å². The number of morpholine rings is 1. The van der Waals surface area contributed by atoms with Crippen molar-refractivity contribution in [2.75, 3.05) is 59.0 Å². The Labute approximate surface area is 161 Å². The van der Waals surface area contributed by atoms with Gasteiger partial charge in [0.1, 0.15) is 13.1 Å². The Bertz CT molecular complexity index is 735. The third-order valence-corrected chi connectivity index (χ3v) is 7.29. The summed E-state index contributed by atoms with van der Waals surface area (Å²) in [4.78, 5) is 15.8. The zero-order valence-electron chi connectivity index (χ0n) is 16.2. The molecular weight excluding hydrogens is 366 g/mol. The van der Waals surface area contributed by atoms with Crippen LogP contribution in [-0.4, -0.2) is 82.6 Å². The predicted molar refractivity (Wildman–Crippen MR) is 102 cm³/mol. The number of sulfonamides is 1. The van der Waals surface area contributed by atoms with Gasteiger partial charge < -0.3 is 14.5 Å². The predicted octanol–water partition coefficient (Wildman–Crippen LogP) is -0.442. The molecule has 2 fully saturated rings. The molecule has 3 rings (SSSR count). The first-order chi connectivity index (χ1) is 12.9. The second-order valence-electron chi connectivity index (χ2n) is 7.55. The summed E-state index contributed by atoms with van der Waals surface area (Å²) < 4.78 is 32.5. The first-order valence-corrected chi connectivity index (χ1v) is 11.1. The van der Waals surface area contributed by atoms with Gasteiger partial charge in [-0.3, -0.25) is 4.79 Å². The maximum absolute atomic E-state index is 12.9. The molecule has 0 bridgehead atoms. The van der Waals surface area contributed by atoms with E-state index in [1.807, 2.05) is 12.1 Å². The molecule has 0 saturated carbocycles. The first kappa shape index (κ1) is 20.3. The molecule has 1 N–H and O–H groups in total. The lowest BCUT2D eigenvalue weighted by Crippen LogP contribution is -3.15. The minimum atomic E-state index is -3.51. The molecule has 1 aromatic carbocycles. The Hall–Kier alpha value is -1.48. The summed E-state index contributed by atoms with van der Waals surface area (Å²) in [7, 11) is -3.51. The third-order valence-electron chi connectivity index (χ3n) is 5.38. The average molecular weight is 397 g/mol. The van der Waals surface area contributed by atoms with Gasteiger partial charge in [-0.15, -0.1) is 0 Å². The van der Waals surface area contributed by atoms with E-state index in [2.05, 4.69) is 13.8 Å². The number of carbonyl (C=O) groups is 1. The Balaban J connectivity index is 1.56. The lowest BCUT2D eigenvalue weighted by molar-refractivity contribution is -0.900. The van der Waals surface area contributed by atoms with Crippen molar-refractivity contribution in [2.45, 2.75) is 24.7 Å². The highest BCUT2D eigenvalue weighted by Crippen LogP contribution is 2.21. The lowest BCUT2D eigenvalue weighted by atomic mass is 10.0. The van der Waals surface area contributed by atoms with E-state index >= 15 is 0 Å². The smallest absolute Gasteiger partial charge is 0.277 e. The maximum atomic E-state index is 12.9. The fourth-order valence-corrected chi connectivity index (χ4v) is 4.94. The highest BCUT2D eigenvalue weighted by Gasteiger charge is 2.31. The van der Waals surface area contributed by atoms with Crippen molar-refractivity contribution in [2.24, 2.45) is 0 Å². The van der Waals surface area contributed by atoms with E-state index in [4.69, 9.17) is 4.74 Å². The van der Waals surface area contributed by atoms with Crippen LogP contribution in [0, 0.1) is 0 Å². The van der Waals surface area contributed by atoms with Gasteiger partial charge in [0.25, 0.3) is 5.91 Å². The van der Waals surface area contributed by atoms with Crippen LogP contribution < -0.4 is 4.90 Å². The standard InChI is InChI=1S/C19H29N3O4S/c1-16(2)17-3-5-18(6-4-17)27(24,25)22-9-7-21(8-10-22)19(23)15-20-11-13-26-14-12-20/h3-6,16H,7-15H2,1-2H3/p+1. The van der Waals surface area contributed by atoms with Gasteiger partial charge >= 0.3 is 0 Å². The molecule has 2 aliphatic rings. The first-order valence-electron chi connectivity index (χ1n) is 9.67. The number of nitrogens with one attached hydrogen (secondary N) is 1. The van der Waals surface area contributed by atoms with Gasteiger partial charge in [-0.05, 0) is 23.6 Å². The molecule has 0 unspecified atom stereocenters. The fraction of sp³-hybridized carbons (Fsp3) is 0.632. The number of carbonyl (C=O) groups excluding carboxylic acids is 1. The van der Waals surface area contributed by atoms with E-state index in [1.54, 1.807) is 17.0 Å². The van der Waals surface area contributed by atoms with Crippen molar-refractivity contribution < 1.29 is 22.8 Å². The number of hydrogen-bond donors (Lipinski definition) is 1. The van der Waals surface area contributed by atoms with Gasteiger partial charge in [0, 0.05) is 26.2 Å². The monoisotopic (exact) mass is 396 g/mol. The number of hydrogen-bond acceptors (Lipinski definition) is 4. The second-order valence-corrected chi connectivity index (χ2v) is 9.49. The summed E-state index contributed by atoms with van der Waals surface area (Å²) in [6, 6.07) is 7.12. The fourth-order valence-electron chi connectivity index (χ4n) is 3.51. The molecule has 0 radical (unpaired) electrons. The molecule has 0 atom stereocenters. The van der Waals surface area contributed by atoms with E-state index in [9.17, 15) is 13.2 Å². The SMILES string of the molecule is CC(C)c1ccc(S(=O)(=O)N2CCN(C(=O)C[NH+]3CCOCC3)CC2)cc1. The quantitative estimate of drug-likeness (QED) is 0.733. The molecular formula is C19H30N3O4S+. The molecule has 1 amide bonds. The Morgan fingerprint density at radius 1 is 1.07 bits per heavy atom. The third kappa shape index (κ3) is 4.87. The molecule has 0 aliphatic carbocycles. The molecule has 2 heterocycles. The van der Waals surface area contributed by atoms with Crippen molar-refractivity contribution in [1.29, 1.82) is 0 Å². The van der Waals surface area contributed by atoms with Crippen LogP contribution in [0.3, 0.4) is 0 Å². The molecule has 8 heteroatoms. The number of nitrogens with zero attached hydrogens (tertiary/aromatic N) is 2. The van der Waals surface area contributed by atoms with Crippen molar-refractivity contribution in [3.8, 4) is 0 Å². The molecule has 150 valence electrons. The van der Waals surface area contributed by atoms with Crippen LogP contribution in [0.2, 0.25) is 0 Å². The Morgan fingerprint density at radius 2 is 1.67 bits per heavy atom. The number of amides is 1. The van der Waals surface area contributed by atoms with Crippen molar-refractivity contribution in [3.05, 3.63) is 29.8 Å². The van der Waals surface area contributed by atoms with Gasteiger partial charge in [-0.25, -0.2) is 8.42 Å². The summed E-state index contributed by atoms with van der Waals surface area (Å²) >= 11 is 0. The summed E-state index contributed by atoms with van der Waals surface area (Å²) in [5.74, 6) is 0.468. The van der Waals surface area contributed by atoms with Crippen molar-refractivity contribution in [1.82, 2.24) is 9.21 Å². The van der Waals surface area contributed by atoms with Crippen molar-refractivity contribution >= 4 is 15.9 Å². The van der Waals surface area contributed by atoms with Crippen LogP contribution in [0.25, 0.3) is 0 Å². The highest BCUT2D eigenvalue weighted by atomic mass is 32.2. The zero-order valence-corrected chi connectivity index (χ0v) is 17.0. The zero-order chi connectivity index (χ0) is 19.4. The summed E-state index contributed by atoms with van der Waals surface area (Å²) in [6.07, 6.45) is 0. The number of piperazine rings is 1. The summed E-state index contributed by atoms with van der Waals surface area (Å²) in [5, 5.41) is 0. The van der Waals surface area contributed by atoms with E-state index in [1.165, 1.54) is 9.21 Å². The van der Waals surface area contributed by atoms with Gasteiger partial charge in [0.2, 0.25) is 10.0 Å². The molecule has 7 nitrogen and oxygen atoms in total. The minimum absolute atomic E-state index is 0.102. The van der Waals surface area contributed by atoms with Gasteiger partial charge in [0.05, 0.1) is 18.1 Å². The Kier molecular flexibility index (Phi) is 6.52. The van der Waals surface area contributed by atoms with E-state index < -0.39 is 10.0 Å². The van der Waals surface area contributed by atoms with Gasteiger partial charge in [-0.1, -0.05) is 26.0 Å².